The molecule has 6 nitrogen and oxygen atoms in total. The number of benzene rings is 1. The Bertz CT molecular complexity index is 909. The van der Waals surface area contributed by atoms with Gasteiger partial charge in [0, 0.05) is 12.3 Å². The van der Waals surface area contributed by atoms with Crippen LogP contribution >= 0.6 is 0 Å². The molecule has 0 aromatic heterocycles. The molecule has 0 saturated heterocycles. The molecule has 4 aliphatic carbocycles. The number of rotatable bonds is 4. The molecule has 1 aromatic rings. The Hall–Kier alpha value is -2.63. The number of carbonyl (C=O) groups is 2. The van der Waals surface area contributed by atoms with Gasteiger partial charge in [0.05, 0.1) is 7.11 Å². The van der Waals surface area contributed by atoms with Crippen molar-refractivity contribution in [3.8, 4) is 11.5 Å². The van der Waals surface area contributed by atoms with E-state index in [1.54, 1.807) is 24.3 Å². The highest BCUT2D eigenvalue weighted by Gasteiger charge is 2.55. The molecule has 4 saturated carbocycles. The lowest BCUT2D eigenvalue weighted by Crippen LogP contribution is -2.50. The summed E-state index contributed by atoms with van der Waals surface area (Å²) in [4.78, 5) is 28.4. The van der Waals surface area contributed by atoms with Crippen LogP contribution in [-0.4, -0.2) is 24.9 Å². The first-order chi connectivity index (χ1) is 13.9. The van der Waals surface area contributed by atoms with E-state index in [9.17, 15) is 9.59 Å². The van der Waals surface area contributed by atoms with Gasteiger partial charge in [-0.15, -0.1) is 0 Å². The standard InChI is InChI=1S/C23H25NO5/c1-13(25)28-19-4-3-14(9-20(19)27-2)8-18-21(26)29-22(24-18)23-10-15-5-16(11-23)7-17(6-15)12-23/h3-4,8-9,15-17H,5-7,10-12H2,1-2H3. The molecule has 1 aliphatic heterocycles. The third kappa shape index (κ3) is 3.24. The summed E-state index contributed by atoms with van der Waals surface area (Å²) in [5.74, 6) is 2.87. The van der Waals surface area contributed by atoms with Gasteiger partial charge < -0.3 is 14.2 Å². The van der Waals surface area contributed by atoms with Crippen molar-refractivity contribution >= 4 is 23.9 Å². The fraction of sp³-hybridized carbons (Fsp3) is 0.522. The van der Waals surface area contributed by atoms with Crippen LogP contribution in [0.5, 0.6) is 11.5 Å². The van der Waals surface area contributed by atoms with Gasteiger partial charge in [-0.2, -0.15) is 0 Å². The molecular formula is C23H25NO5. The van der Waals surface area contributed by atoms with Crippen molar-refractivity contribution < 1.29 is 23.8 Å². The molecule has 0 atom stereocenters. The minimum atomic E-state index is -0.418. The van der Waals surface area contributed by atoms with Crippen LogP contribution in [-0.2, 0) is 14.3 Å². The van der Waals surface area contributed by atoms with Crippen molar-refractivity contribution in [1.29, 1.82) is 0 Å². The van der Waals surface area contributed by atoms with E-state index in [2.05, 4.69) is 4.99 Å². The number of esters is 2. The van der Waals surface area contributed by atoms with E-state index >= 15 is 0 Å². The molecule has 5 aliphatic rings. The number of carbonyl (C=O) groups excluding carboxylic acids is 2. The Labute approximate surface area is 169 Å². The minimum Gasteiger partial charge on any atom is -0.493 e. The molecule has 6 heteroatoms. The highest BCUT2D eigenvalue weighted by atomic mass is 16.6. The van der Waals surface area contributed by atoms with Crippen molar-refractivity contribution in [1.82, 2.24) is 0 Å². The molecular weight excluding hydrogens is 370 g/mol. The van der Waals surface area contributed by atoms with Crippen LogP contribution in [0.1, 0.15) is 51.0 Å². The SMILES string of the molecule is COc1cc(C=C2N=C(C34CC5CC(CC(C5)C3)C4)OC2=O)ccc1OC(C)=O. The van der Waals surface area contributed by atoms with Gasteiger partial charge in [0.25, 0.3) is 0 Å². The third-order valence-electron chi connectivity index (χ3n) is 6.86. The number of ether oxygens (including phenoxy) is 3. The van der Waals surface area contributed by atoms with E-state index in [-0.39, 0.29) is 5.41 Å². The first-order valence-corrected chi connectivity index (χ1v) is 10.3. The topological polar surface area (TPSA) is 74.2 Å². The molecule has 4 bridgehead atoms. The summed E-state index contributed by atoms with van der Waals surface area (Å²) in [5, 5.41) is 0. The van der Waals surface area contributed by atoms with Gasteiger partial charge in [0.1, 0.15) is 0 Å². The molecule has 1 aromatic carbocycles. The quantitative estimate of drug-likeness (QED) is 0.435. The largest absolute Gasteiger partial charge is 0.493 e. The second kappa shape index (κ2) is 6.71. The zero-order valence-corrected chi connectivity index (χ0v) is 16.8. The van der Waals surface area contributed by atoms with Crippen LogP contribution < -0.4 is 9.47 Å². The predicted octanol–water partition coefficient (Wildman–Crippen LogP) is 4.13. The first kappa shape index (κ1) is 18.4. The lowest BCUT2D eigenvalue weighted by Gasteiger charge is -2.55. The van der Waals surface area contributed by atoms with E-state index in [1.165, 1.54) is 33.3 Å². The lowest BCUT2D eigenvalue weighted by molar-refractivity contribution is -0.132. The van der Waals surface area contributed by atoms with Gasteiger partial charge in [-0.1, -0.05) is 6.07 Å². The average molecular weight is 395 g/mol. The third-order valence-corrected chi connectivity index (χ3v) is 6.86. The van der Waals surface area contributed by atoms with Gasteiger partial charge in [0.15, 0.2) is 17.2 Å². The summed E-state index contributed by atoms with van der Waals surface area (Å²) in [6.07, 6.45) is 9.00. The smallest absolute Gasteiger partial charge is 0.363 e. The molecule has 152 valence electrons. The van der Waals surface area contributed by atoms with Gasteiger partial charge in [-0.05, 0) is 80.1 Å². The number of nitrogens with zero attached hydrogens (tertiary/aromatic N) is 1. The molecule has 0 amide bonds. The summed E-state index contributed by atoms with van der Waals surface area (Å²) in [6, 6.07) is 5.13. The van der Waals surface area contributed by atoms with Crippen LogP contribution in [0, 0.1) is 23.2 Å². The van der Waals surface area contributed by atoms with E-state index in [1.807, 2.05) is 0 Å². The number of hydrogen-bond donors (Lipinski definition) is 0. The Morgan fingerprint density at radius 2 is 1.79 bits per heavy atom. The minimum absolute atomic E-state index is 0.0448. The van der Waals surface area contributed by atoms with Crippen molar-refractivity contribution in [3.05, 3.63) is 29.5 Å². The van der Waals surface area contributed by atoms with Crippen molar-refractivity contribution in [2.45, 2.75) is 45.4 Å². The van der Waals surface area contributed by atoms with Crippen LogP contribution in [0.15, 0.2) is 28.9 Å². The normalized spacial score (nSPS) is 33.6. The molecule has 0 unspecified atom stereocenters. The van der Waals surface area contributed by atoms with Crippen molar-refractivity contribution in [3.63, 3.8) is 0 Å². The van der Waals surface area contributed by atoms with Crippen LogP contribution in [0.25, 0.3) is 6.08 Å². The fourth-order valence-electron chi connectivity index (χ4n) is 6.18. The molecule has 0 N–H and O–H groups in total. The number of cyclic esters (lactones) is 1. The molecule has 6 rings (SSSR count). The molecule has 29 heavy (non-hydrogen) atoms. The Balaban J connectivity index is 1.43. The molecule has 1 heterocycles. The number of aliphatic imine (C=N–C) groups is 1. The second-order valence-electron chi connectivity index (χ2n) is 9.04. The maximum atomic E-state index is 12.5. The summed E-state index contributed by atoms with van der Waals surface area (Å²) in [7, 11) is 1.51. The van der Waals surface area contributed by atoms with Crippen LogP contribution in [0.4, 0.5) is 0 Å². The zero-order chi connectivity index (χ0) is 20.2. The van der Waals surface area contributed by atoms with Crippen molar-refractivity contribution in [2.24, 2.45) is 28.2 Å². The Kier molecular flexibility index (Phi) is 4.26. The highest BCUT2D eigenvalue weighted by Crippen LogP contribution is 2.61. The van der Waals surface area contributed by atoms with Crippen molar-refractivity contribution in [2.75, 3.05) is 7.11 Å². The maximum Gasteiger partial charge on any atom is 0.363 e. The lowest BCUT2D eigenvalue weighted by atomic mass is 9.49. The molecule has 4 fully saturated rings. The number of methoxy groups -OCH3 is 1. The highest BCUT2D eigenvalue weighted by molar-refractivity contribution is 6.09. The van der Waals surface area contributed by atoms with E-state index in [4.69, 9.17) is 14.2 Å². The summed E-state index contributed by atoms with van der Waals surface area (Å²) >= 11 is 0. The second-order valence-corrected chi connectivity index (χ2v) is 9.04. The first-order valence-electron chi connectivity index (χ1n) is 10.3. The van der Waals surface area contributed by atoms with Crippen LogP contribution in [0.2, 0.25) is 0 Å². The predicted molar refractivity (Wildman–Crippen MR) is 106 cm³/mol. The van der Waals surface area contributed by atoms with E-state index in [0.717, 1.165) is 42.6 Å². The zero-order valence-electron chi connectivity index (χ0n) is 16.8. The summed E-state index contributed by atoms with van der Waals surface area (Å²) < 4.78 is 16.1. The maximum absolute atomic E-state index is 12.5. The van der Waals surface area contributed by atoms with E-state index < -0.39 is 11.9 Å². The summed E-state index contributed by atoms with van der Waals surface area (Å²) in [6.45, 7) is 1.34. The van der Waals surface area contributed by atoms with Gasteiger partial charge in [-0.25, -0.2) is 9.79 Å². The van der Waals surface area contributed by atoms with Gasteiger partial charge >= 0.3 is 11.9 Å². The Morgan fingerprint density at radius 1 is 1.14 bits per heavy atom. The van der Waals surface area contributed by atoms with E-state index in [0.29, 0.717) is 23.1 Å². The van der Waals surface area contributed by atoms with Crippen LogP contribution in [0.3, 0.4) is 0 Å². The van der Waals surface area contributed by atoms with Gasteiger partial charge in [0.2, 0.25) is 5.90 Å². The summed E-state index contributed by atoms with van der Waals surface area (Å²) in [5.41, 5.74) is 1.01. The fourth-order valence-corrected chi connectivity index (χ4v) is 6.18. The number of hydrogen-bond acceptors (Lipinski definition) is 6. The van der Waals surface area contributed by atoms with Gasteiger partial charge in [-0.3, -0.25) is 4.79 Å². The molecule has 0 spiro atoms. The molecule has 0 radical (unpaired) electrons. The average Bonchev–Trinajstić information content (AvgIpc) is 3.03. The Morgan fingerprint density at radius 3 is 2.38 bits per heavy atom. The monoisotopic (exact) mass is 395 g/mol.